The van der Waals surface area contributed by atoms with Gasteiger partial charge in [0.1, 0.15) is 0 Å². The molecular weight excluding hydrogens is 775 g/mol. The molecule has 0 spiro atoms. The van der Waals surface area contributed by atoms with Crippen LogP contribution in [0.15, 0.2) is 212 Å². The van der Waals surface area contributed by atoms with Crippen LogP contribution < -0.4 is 0 Å². The van der Waals surface area contributed by atoms with Crippen LogP contribution in [0, 0.1) is 0 Å². The molecule has 4 heterocycles. The molecule has 4 aromatic heterocycles. The van der Waals surface area contributed by atoms with Gasteiger partial charge in [0.25, 0.3) is 0 Å². The highest BCUT2D eigenvalue weighted by molar-refractivity contribution is 7.26. The monoisotopic (exact) mass is 809 g/mol. The maximum Gasteiger partial charge on any atom is 0.166 e. The minimum Gasteiger partial charge on any atom is -0.309 e. The summed E-state index contributed by atoms with van der Waals surface area (Å²) in [5.74, 6) is 1.77. The van der Waals surface area contributed by atoms with Crippen LogP contribution in [0.5, 0.6) is 0 Å². The second kappa shape index (κ2) is 14.9. The van der Waals surface area contributed by atoms with Crippen LogP contribution in [0.25, 0.3) is 115 Å². The van der Waals surface area contributed by atoms with E-state index in [1.165, 1.54) is 42.0 Å². The number of nitrogens with zero attached hydrogens (tertiary/aromatic N) is 5. The summed E-state index contributed by atoms with van der Waals surface area (Å²) in [5, 5.41) is 4.89. The summed E-state index contributed by atoms with van der Waals surface area (Å²) in [7, 11) is 0. The molecule has 12 aromatic rings. The Balaban J connectivity index is 1.12. The topological polar surface area (TPSA) is 56.5 Å². The summed E-state index contributed by atoms with van der Waals surface area (Å²) < 4.78 is 4.88. The maximum atomic E-state index is 5.34. The quantitative estimate of drug-likeness (QED) is 0.161. The number of rotatable bonds is 7. The standard InChI is InChI=1S/C56H35N5S/c1-5-16-36(17-6-1)39-22-15-23-40(32-39)42-34-47(56-59-54(37-18-7-2-8-19-37)58-55(60-56)38-20-9-3-10-21-38)52(57-35-42)41-28-30-49-46(33-41)51-50(62-49)31-29-45-44-26-13-14-27-48(44)61(53(45)51)43-24-11-4-12-25-43/h1-35H. The normalized spacial score (nSPS) is 11.5. The first-order valence-electron chi connectivity index (χ1n) is 20.7. The minimum atomic E-state index is 0.558. The van der Waals surface area contributed by atoms with Crippen LogP contribution in [0.4, 0.5) is 0 Å². The second-order valence-electron chi connectivity index (χ2n) is 15.4. The molecule has 0 N–H and O–H groups in total. The van der Waals surface area contributed by atoms with Gasteiger partial charge in [0.05, 0.1) is 16.7 Å². The van der Waals surface area contributed by atoms with Crippen LogP contribution in [0.1, 0.15) is 0 Å². The number of fused-ring (bicyclic) bond motifs is 7. The number of thiophene rings is 1. The molecule has 0 saturated carbocycles. The summed E-state index contributed by atoms with van der Waals surface area (Å²) in [5.41, 5.74) is 12.3. The zero-order chi connectivity index (χ0) is 41.0. The molecule has 0 fully saturated rings. The Labute approximate surface area is 361 Å². The molecule has 0 atom stereocenters. The number of hydrogen-bond donors (Lipinski definition) is 0. The lowest BCUT2D eigenvalue weighted by atomic mass is 9.96. The predicted octanol–water partition coefficient (Wildman–Crippen LogP) is 14.7. The van der Waals surface area contributed by atoms with Crippen molar-refractivity contribution in [3.05, 3.63) is 212 Å². The largest absolute Gasteiger partial charge is 0.309 e. The van der Waals surface area contributed by atoms with Crippen molar-refractivity contribution in [2.75, 3.05) is 0 Å². The van der Waals surface area contributed by atoms with E-state index in [-0.39, 0.29) is 0 Å². The molecule has 0 unspecified atom stereocenters. The fourth-order valence-corrected chi connectivity index (χ4v) is 9.86. The molecule has 5 nitrogen and oxygen atoms in total. The molecule has 0 saturated heterocycles. The van der Waals surface area contributed by atoms with Gasteiger partial charge in [-0.3, -0.25) is 4.98 Å². The molecule has 0 radical (unpaired) electrons. The SMILES string of the molecule is c1ccc(-c2cccc(-c3cnc(-c4ccc5sc6ccc7c8ccccc8n(-c8ccccc8)c7c6c5c4)c(-c4nc(-c5ccccc5)nc(-c5ccccc5)n4)c3)c2)cc1. The zero-order valence-electron chi connectivity index (χ0n) is 33.4. The third kappa shape index (κ3) is 6.16. The third-order valence-corrected chi connectivity index (χ3v) is 12.8. The lowest BCUT2D eigenvalue weighted by Gasteiger charge is -2.14. The molecule has 62 heavy (non-hydrogen) atoms. The van der Waals surface area contributed by atoms with E-state index in [0.717, 1.165) is 55.9 Å². The molecule has 0 aliphatic rings. The van der Waals surface area contributed by atoms with Gasteiger partial charge in [0, 0.05) is 70.6 Å². The van der Waals surface area contributed by atoms with Crippen LogP contribution in [0.3, 0.4) is 0 Å². The number of pyridine rings is 1. The molecule has 0 aliphatic heterocycles. The van der Waals surface area contributed by atoms with E-state index in [1.54, 1.807) is 0 Å². The van der Waals surface area contributed by atoms with E-state index in [9.17, 15) is 0 Å². The predicted molar refractivity (Wildman–Crippen MR) is 257 cm³/mol. The molecule has 6 heteroatoms. The van der Waals surface area contributed by atoms with Crippen molar-refractivity contribution in [1.82, 2.24) is 24.5 Å². The summed E-state index contributed by atoms with van der Waals surface area (Å²) in [6.45, 7) is 0. The lowest BCUT2D eigenvalue weighted by Crippen LogP contribution is -2.02. The van der Waals surface area contributed by atoms with Gasteiger partial charge in [-0.2, -0.15) is 0 Å². The first-order chi connectivity index (χ1) is 30.7. The number of hydrogen-bond acceptors (Lipinski definition) is 5. The number of aromatic nitrogens is 5. The van der Waals surface area contributed by atoms with Crippen molar-refractivity contribution < 1.29 is 0 Å². The summed E-state index contributed by atoms with van der Waals surface area (Å²) in [6.07, 6.45) is 1.99. The Hall–Kier alpha value is -8.06. The van der Waals surface area contributed by atoms with Gasteiger partial charge < -0.3 is 4.57 Å². The van der Waals surface area contributed by atoms with Gasteiger partial charge in [0.15, 0.2) is 17.5 Å². The molecule has 0 bridgehead atoms. The van der Waals surface area contributed by atoms with Crippen molar-refractivity contribution in [3.63, 3.8) is 0 Å². The van der Waals surface area contributed by atoms with Crippen molar-refractivity contribution >= 4 is 53.3 Å². The average molecular weight is 810 g/mol. The Morgan fingerprint density at radius 2 is 0.952 bits per heavy atom. The first kappa shape index (κ1) is 35.8. The fraction of sp³-hybridized carbons (Fsp3) is 0. The fourth-order valence-electron chi connectivity index (χ4n) is 8.77. The van der Waals surface area contributed by atoms with Crippen LogP contribution in [-0.4, -0.2) is 24.5 Å². The third-order valence-electron chi connectivity index (χ3n) is 11.7. The summed E-state index contributed by atoms with van der Waals surface area (Å²) >= 11 is 1.83. The van der Waals surface area contributed by atoms with Crippen LogP contribution in [0.2, 0.25) is 0 Å². The highest BCUT2D eigenvalue weighted by atomic mass is 32.1. The smallest absolute Gasteiger partial charge is 0.166 e. The Morgan fingerprint density at radius 3 is 1.66 bits per heavy atom. The number of benzene rings is 8. The second-order valence-corrected chi connectivity index (χ2v) is 16.5. The van der Waals surface area contributed by atoms with Crippen molar-refractivity contribution in [1.29, 1.82) is 0 Å². The molecule has 12 rings (SSSR count). The minimum absolute atomic E-state index is 0.558. The van der Waals surface area contributed by atoms with E-state index >= 15 is 0 Å². The van der Waals surface area contributed by atoms with E-state index in [4.69, 9.17) is 19.9 Å². The van der Waals surface area contributed by atoms with Gasteiger partial charge >= 0.3 is 0 Å². The van der Waals surface area contributed by atoms with Crippen LogP contribution in [-0.2, 0) is 0 Å². The Bertz CT molecular complexity index is 3560. The van der Waals surface area contributed by atoms with E-state index < -0.39 is 0 Å². The summed E-state index contributed by atoms with van der Waals surface area (Å²) in [6, 6.07) is 72.3. The van der Waals surface area contributed by atoms with Gasteiger partial charge in [-0.1, -0.05) is 158 Å². The molecule has 8 aromatic carbocycles. The maximum absolute atomic E-state index is 5.34. The van der Waals surface area contributed by atoms with E-state index in [0.29, 0.717) is 17.5 Å². The average Bonchev–Trinajstić information content (AvgIpc) is 3.90. The molecule has 0 aliphatic carbocycles. The Kier molecular flexibility index (Phi) is 8.61. The lowest BCUT2D eigenvalue weighted by molar-refractivity contribution is 1.07. The Morgan fingerprint density at radius 1 is 0.371 bits per heavy atom. The molecular formula is C56H35N5S. The number of para-hydroxylation sites is 2. The van der Waals surface area contributed by atoms with Gasteiger partial charge in [-0.05, 0) is 65.2 Å². The van der Waals surface area contributed by atoms with Gasteiger partial charge in [-0.15, -0.1) is 11.3 Å². The highest BCUT2D eigenvalue weighted by Gasteiger charge is 2.22. The van der Waals surface area contributed by atoms with E-state index in [1.807, 2.05) is 84.3 Å². The van der Waals surface area contributed by atoms with Crippen LogP contribution >= 0.6 is 11.3 Å². The molecule has 0 amide bonds. The van der Waals surface area contributed by atoms with Crippen molar-refractivity contribution in [3.8, 4) is 73.4 Å². The van der Waals surface area contributed by atoms with Crippen molar-refractivity contribution in [2.24, 2.45) is 0 Å². The zero-order valence-corrected chi connectivity index (χ0v) is 34.2. The highest BCUT2D eigenvalue weighted by Crippen LogP contribution is 2.45. The van der Waals surface area contributed by atoms with Crippen molar-refractivity contribution in [2.45, 2.75) is 0 Å². The summed E-state index contributed by atoms with van der Waals surface area (Å²) in [4.78, 5) is 20.8. The van der Waals surface area contributed by atoms with E-state index in [2.05, 4.69) is 144 Å². The van der Waals surface area contributed by atoms with Gasteiger partial charge in [0.2, 0.25) is 0 Å². The van der Waals surface area contributed by atoms with Gasteiger partial charge in [-0.25, -0.2) is 15.0 Å². The molecule has 290 valence electrons. The first-order valence-corrected chi connectivity index (χ1v) is 21.5.